The van der Waals surface area contributed by atoms with E-state index in [1.807, 2.05) is 0 Å². The van der Waals surface area contributed by atoms with E-state index in [9.17, 15) is 19.5 Å². The highest BCUT2D eigenvalue weighted by Gasteiger charge is 2.22. The number of anilines is 1. The molecule has 0 saturated heterocycles. The first-order valence-electron chi connectivity index (χ1n) is 8.81. The summed E-state index contributed by atoms with van der Waals surface area (Å²) >= 11 is 1.10. The Bertz CT molecular complexity index is 919. The van der Waals surface area contributed by atoms with E-state index in [1.165, 1.54) is 6.92 Å². The lowest BCUT2D eigenvalue weighted by molar-refractivity contribution is -0.113. The molecular formula is C19H21N3O4S. The van der Waals surface area contributed by atoms with Crippen LogP contribution >= 0.6 is 11.8 Å². The van der Waals surface area contributed by atoms with E-state index in [0.717, 1.165) is 43.5 Å². The Kier molecular flexibility index (Phi) is 5.95. The van der Waals surface area contributed by atoms with Gasteiger partial charge in [0.1, 0.15) is 0 Å². The van der Waals surface area contributed by atoms with Gasteiger partial charge in [0.15, 0.2) is 10.9 Å². The molecule has 8 heteroatoms. The zero-order chi connectivity index (χ0) is 19.4. The summed E-state index contributed by atoms with van der Waals surface area (Å²) in [6.45, 7) is 1.44. The van der Waals surface area contributed by atoms with Gasteiger partial charge < -0.3 is 10.4 Å². The molecule has 0 atom stereocenters. The standard InChI is InChI=1S/C19H21N3O4S/c1-12(23)14-8-4-5-9-15(14)20-17(25)11-27-19-21-16(24)10-18(26)22(19)13-6-2-3-7-13/h4-5,8-10,13,24H,2-3,6-7,11H2,1H3,(H,20,25). The van der Waals surface area contributed by atoms with Gasteiger partial charge in [0.25, 0.3) is 5.56 Å². The summed E-state index contributed by atoms with van der Waals surface area (Å²) in [4.78, 5) is 40.4. The summed E-state index contributed by atoms with van der Waals surface area (Å²) in [5, 5.41) is 12.7. The predicted octanol–water partition coefficient (Wildman–Crippen LogP) is 3.00. The van der Waals surface area contributed by atoms with Crippen molar-refractivity contribution < 1.29 is 14.7 Å². The largest absolute Gasteiger partial charge is 0.493 e. The molecule has 0 unspecified atom stereocenters. The second kappa shape index (κ2) is 8.39. The first-order chi connectivity index (χ1) is 13.0. The molecule has 1 aromatic heterocycles. The Morgan fingerprint density at radius 1 is 1.30 bits per heavy atom. The minimum atomic E-state index is -0.348. The number of benzene rings is 1. The third kappa shape index (κ3) is 4.57. The van der Waals surface area contributed by atoms with Crippen LogP contribution in [0.15, 0.2) is 40.3 Å². The molecule has 1 saturated carbocycles. The van der Waals surface area contributed by atoms with Crippen LogP contribution in [-0.2, 0) is 4.79 Å². The van der Waals surface area contributed by atoms with Crippen LogP contribution in [0.4, 0.5) is 5.69 Å². The maximum atomic E-state index is 12.3. The predicted molar refractivity (Wildman–Crippen MR) is 103 cm³/mol. The van der Waals surface area contributed by atoms with Gasteiger partial charge in [-0.05, 0) is 31.9 Å². The highest BCUT2D eigenvalue weighted by Crippen LogP contribution is 2.31. The maximum Gasteiger partial charge on any atom is 0.258 e. The molecule has 27 heavy (non-hydrogen) atoms. The summed E-state index contributed by atoms with van der Waals surface area (Å²) in [5.74, 6) is -0.791. The van der Waals surface area contributed by atoms with Crippen LogP contribution in [0.1, 0.15) is 49.0 Å². The molecule has 1 aromatic carbocycles. The lowest BCUT2D eigenvalue weighted by Gasteiger charge is -2.17. The highest BCUT2D eigenvalue weighted by atomic mass is 32.2. The van der Waals surface area contributed by atoms with E-state index in [1.54, 1.807) is 28.8 Å². The average Bonchev–Trinajstić information content (AvgIpc) is 3.13. The van der Waals surface area contributed by atoms with E-state index >= 15 is 0 Å². The molecule has 2 aromatic rings. The zero-order valence-corrected chi connectivity index (χ0v) is 15.8. The minimum Gasteiger partial charge on any atom is -0.493 e. The van der Waals surface area contributed by atoms with Gasteiger partial charge in [-0.3, -0.25) is 19.0 Å². The molecular weight excluding hydrogens is 366 g/mol. The van der Waals surface area contributed by atoms with Gasteiger partial charge in [-0.15, -0.1) is 0 Å². The Morgan fingerprint density at radius 2 is 2.00 bits per heavy atom. The van der Waals surface area contributed by atoms with E-state index in [2.05, 4.69) is 10.3 Å². The Morgan fingerprint density at radius 3 is 2.70 bits per heavy atom. The topological polar surface area (TPSA) is 101 Å². The quantitative estimate of drug-likeness (QED) is 0.449. The first kappa shape index (κ1) is 19.2. The van der Waals surface area contributed by atoms with Crippen molar-refractivity contribution in [3.63, 3.8) is 0 Å². The number of nitrogens with zero attached hydrogens (tertiary/aromatic N) is 2. The van der Waals surface area contributed by atoms with Gasteiger partial charge in [0.05, 0.1) is 17.5 Å². The molecule has 7 nitrogen and oxygen atoms in total. The number of aromatic nitrogens is 2. The number of ketones is 1. The van der Waals surface area contributed by atoms with Crippen molar-refractivity contribution in [1.29, 1.82) is 0 Å². The van der Waals surface area contributed by atoms with Crippen LogP contribution < -0.4 is 10.9 Å². The van der Waals surface area contributed by atoms with E-state index in [0.29, 0.717) is 16.4 Å². The third-order valence-electron chi connectivity index (χ3n) is 4.51. The van der Waals surface area contributed by atoms with Crippen molar-refractivity contribution in [3.05, 3.63) is 46.2 Å². The maximum absolute atomic E-state index is 12.3. The molecule has 2 N–H and O–H groups in total. The molecule has 1 aliphatic carbocycles. The Hall–Kier alpha value is -2.61. The minimum absolute atomic E-state index is 0.00878. The summed E-state index contributed by atoms with van der Waals surface area (Å²) in [6, 6.07) is 7.95. The van der Waals surface area contributed by atoms with Crippen molar-refractivity contribution in [3.8, 4) is 5.88 Å². The number of thioether (sulfide) groups is 1. The summed E-state index contributed by atoms with van der Waals surface area (Å²) in [7, 11) is 0. The second-order valence-electron chi connectivity index (χ2n) is 6.48. The first-order valence-corrected chi connectivity index (χ1v) is 9.79. The zero-order valence-electron chi connectivity index (χ0n) is 15.0. The molecule has 1 amide bonds. The van der Waals surface area contributed by atoms with Crippen LogP contribution in [0.25, 0.3) is 0 Å². The number of carbonyl (C=O) groups is 2. The summed E-state index contributed by atoms with van der Waals surface area (Å²) in [6.07, 6.45) is 3.87. The van der Waals surface area contributed by atoms with Gasteiger partial charge in [0, 0.05) is 11.6 Å². The van der Waals surface area contributed by atoms with E-state index < -0.39 is 0 Å². The van der Waals surface area contributed by atoms with Crippen LogP contribution in [0.5, 0.6) is 5.88 Å². The number of hydrogen-bond donors (Lipinski definition) is 2. The number of amides is 1. The molecule has 0 radical (unpaired) electrons. The van der Waals surface area contributed by atoms with Crippen LogP contribution in [0, 0.1) is 0 Å². The lowest BCUT2D eigenvalue weighted by Crippen LogP contribution is -2.26. The third-order valence-corrected chi connectivity index (χ3v) is 5.46. The Balaban J connectivity index is 1.74. The van der Waals surface area contributed by atoms with Crippen LogP contribution in [0.3, 0.4) is 0 Å². The van der Waals surface area contributed by atoms with Gasteiger partial charge in [-0.1, -0.05) is 36.7 Å². The van der Waals surface area contributed by atoms with Crippen molar-refractivity contribution in [2.45, 2.75) is 43.8 Å². The number of hydrogen-bond acceptors (Lipinski definition) is 6. The van der Waals surface area contributed by atoms with Gasteiger partial charge in [-0.25, -0.2) is 0 Å². The normalized spacial score (nSPS) is 14.3. The smallest absolute Gasteiger partial charge is 0.258 e. The number of Topliss-reactive ketones (excluding diaryl/α,β-unsaturated/α-hetero) is 1. The van der Waals surface area contributed by atoms with Crippen molar-refractivity contribution in [2.24, 2.45) is 0 Å². The lowest BCUT2D eigenvalue weighted by atomic mass is 10.1. The molecule has 142 valence electrons. The molecule has 1 fully saturated rings. The summed E-state index contributed by atoms with van der Waals surface area (Å²) < 4.78 is 1.58. The summed E-state index contributed by atoms with van der Waals surface area (Å²) in [5.41, 5.74) is 0.584. The molecule has 3 rings (SSSR count). The van der Waals surface area contributed by atoms with E-state index in [4.69, 9.17) is 0 Å². The van der Waals surface area contributed by atoms with Crippen molar-refractivity contribution in [2.75, 3.05) is 11.1 Å². The molecule has 1 heterocycles. The number of rotatable bonds is 6. The van der Waals surface area contributed by atoms with E-state index in [-0.39, 0.29) is 34.9 Å². The monoisotopic (exact) mass is 387 g/mol. The molecule has 0 spiro atoms. The fraction of sp³-hybridized carbons (Fsp3) is 0.368. The van der Waals surface area contributed by atoms with Crippen LogP contribution in [0.2, 0.25) is 0 Å². The Labute approximate surface area is 160 Å². The molecule has 0 aliphatic heterocycles. The number of nitrogens with one attached hydrogen (secondary N) is 1. The second-order valence-corrected chi connectivity index (χ2v) is 7.42. The SMILES string of the molecule is CC(=O)c1ccccc1NC(=O)CSc1nc(O)cc(=O)n1C1CCCC1. The fourth-order valence-electron chi connectivity index (χ4n) is 3.27. The van der Waals surface area contributed by atoms with Gasteiger partial charge >= 0.3 is 0 Å². The van der Waals surface area contributed by atoms with Gasteiger partial charge in [0.2, 0.25) is 11.8 Å². The average molecular weight is 387 g/mol. The number of para-hydroxylation sites is 1. The highest BCUT2D eigenvalue weighted by molar-refractivity contribution is 7.99. The molecule has 1 aliphatic rings. The molecule has 0 bridgehead atoms. The van der Waals surface area contributed by atoms with Crippen molar-refractivity contribution in [1.82, 2.24) is 9.55 Å². The number of aromatic hydroxyl groups is 1. The number of carbonyl (C=O) groups excluding carboxylic acids is 2. The fourth-order valence-corrected chi connectivity index (χ4v) is 4.14. The van der Waals surface area contributed by atoms with Crippen LogP contribution in [-0.4, -0.2) is 32.1 Å². The van der Waals surface area contributed by atoms with Gasteiger partial charge in [-0.2, -0.15) is 4.98 Å². The van der Waals surface area contributed by atoms with Crippen molar-refractivity contribution >= 4 is 29.1 Å².